The predicted molar refractivity (Wildman–Crippen MR) is 109 cm³/mol. The van der Waals surface area contributed by atoms with Crippen LogP contribution in [-0.2, 0) is 14.3 Å². The summed E-state index contributed by atoms with van der Waals surface area (Å²) in [5, 5.41) is 9.09. The molecule has 6 nitrogen and oxygen atoms in total. The number of unbranched alkanes of at least 4 members (excludes halogenated alkanes) is 1. The zero-order valence-corrected chi connectivity index (χ0v) is 16.0. The highest BCUT2D eigenvalue weighted by atomic mass is 16.5. The average molecular weight is 379 g/mol. The van der Waals surface area contributed by atoms with Gasteiger partial charge in [-0.25, -0.2) is 4.79 Å². The molecule has 1 unspecified atom stereocenters. The summed E-state index contributed by atoms with van der Waals surface area (Å²) in [6.07, 6.45) is 2.32. The molecule has 1 atom stereocenters. The molecule has 1 aliphatic heterocycles. The molecule has 0 radical (unpaired) electrons. The average Bonchev–Trinajstić information content (AvgIpc) is 3.19. The summed E-state index contributed by atoms with van der Waals surface area (Å²) in [4.78, 5) is 24.2. The number of benzene rings is 2. The van der Waals surface area contributed by atoms with Gasteiger partial charge in [-0.2, -0.15) is 5.10 Å². The van der Waals surface area contributed by atoms with Crippen LogP contribution in [-0.4, -0.2) is 30.7 Å². The minimum atomic E-state index is -0.551. The number of anilines is 1. The second kappa shape index (κ2) is 9.69. The van der Waals surface area contributed by atoms with Crippen LogP contribution in [0.5, 0.6) is 0 Å². The van der Waals surface area contributed by atoms with Gasteiger partial charge in [0.1, 0.15) is 5.71 Å². The third kappa shape index (κ3) is 4.97. The molecule has 28 heavy (non-hydrogen) atoms. The second-order valence-corrected chi connectivity index (χ2v) is 6.64. The van der Waals surface area contributed by atoms with Gasteiger partial charge in [-0.1, -0.05) is 61.9 Å². The SMILES string of the molecule is CCCCNC(=O)COC(=O)C1=NN(c2ccccc2)C(c2ccccc2)C1. The minimum Gasteiger partial charge on any atom is -0.451 e. The van der Waals surface area contributed by atoms with E-state index in [0.29, 0.717) is 18.7 Å². The molecule has 146 valence electrons. The van der Waals surface area contributed by atoms with Gasteiger partial charge in [-0.3, -0.25) is 9.80 Å². The maximum absolute atomic E-state index is 12.5. The molecule has 2 aromatic carbocycles. The van der Waals surface area contributed by atoms with Crippen molar-refractivity contribution in [3.05, 3.63) is 66.2 Å². The molecule has 0 bridgehead atoms. The first-order valence-electron chi connectivity index (χ1n) is 9.59. The van der Waals surface area contributed by atoms with Crippen LogP contribution in [0.2, 0.25) is 0 Å². The van der Waals surface area contributed by atoms with Gasteiger partial charge in [-0.05, 0) is 24.1 Å². The third-order valence-electron chi connectivity index (χ3n) is 4.54. The number of hydrazone groups is 1. The third-order valence-corrected chi connectivity index (χ3v) is 4.54. The van der Waals surface area contributed by atoms with Crippen LogP contribution < -0.4 is 10.3 Å². The number of rotatable bonds is 8. The van der Waals surface area contributed by atoms with E-state index in [9.17, 15) is 9.59 Å². The molecule has 2 aromatic rings. The van der Waals surface area contributed by atoms with Gasteiger partial charge in [-0.15, -0.1) is 0 Å². The smallest absolute Gasteiger partial charge is 0.355 e. The minimum absolute atomic E-state index is 0.0930. The Kier molecular flexibility index (Phi) is 6.78. The summed E-state index contributed by atoms with van der Waals surface area (Å²) in [5.74, 6) is -0.843. The highest BCUT2D eigenvalue weighted by Gasteiger charge is 2.33. The van der Waals surface area contributed by atoms with Crippen LogP contribution in [0.25, 0.3) is 0 Å². The number of esters is 1. The van der Waals surface area contributed by atoms with E-state index in [1.807, 2.05) is 72.6 Å². The van der Waals surface area contributed by atoms with Crippen molar-refractivity contribution in [1.29, 1.82) is 0 Å². The molecule has 0 aromatic heterocycles. The molecule has 1 heterocycles. The van der Waals surface area contributed by atoms with Crippen molar-refractivity contribution in [2.24, 2.45) is 5.10 Å². The lowest BCUT2D eigenvalue weighted by atomic mass is 10.0. The number of ether oxygens (including phenoxy) is 1. The van der Waals surface area contributed by atoms with Crippen LogP contribution in [0, 0.1) is 0 Å². The van der Waals surface area contributed by atoms with E-state index < -0.39 is 5.97 Å². The summed E-state index contributed by atoms with van der Waals surface area (Å²) in [7, 11) is 0. The quantitative estimate of drug-likeness (QED) is 0.563. The fourth-order valence-corrected chi connectivity index (χ4v) is 3.06. The molecule has 1 amide bonds. The molecule has 0 saturated carbocycles. The van der Waals surface area contributed by atoms with E-state index in [1.165, 1.54) is 0 Å². The molecule has 1 aliphatic rings. The topological polar surface area (TPSA) is 71.0 Å². The van der Waals surface area contributed by atoms with E-state index in [1.54, 1.807) is 0 Å². The standard InChI is InChI=1S/C22H25N3O3/c1-2-3-14-23-21(26)16-28-22(27)19-15-20(17-10-6-4-7-11-17)25(24-19)18-12-8-5-9-13-18/h4-13,20H,2-3,14-16H2,1H3,(H,23,26). The van der Waals surface area contributed by atoms with Gasteiger partial charge in [0, 0.05) is 13.0 Å². The summed E-state index contributed by atoms with van der Waals surface area (Å²) in [6, 6.07) is 19.6. The van der Waals surface area contributed by atoms with E-state index in [2.05, 4.69) is 10.4 Å². The Bertz CT molecular complexity index is 821. The van der Waals surface area contributed by atoms with E-state index >= 15 is 0 Å². The van der Waals surface area contributed by atoms with E-state index in [-0.39, 0.29) is 18.6 Å². The van der Waals surface area contributed by atoms with Crippen LogP contribution in [0.1, 0.15) is 37.8 Å². The van der Waals surface area contributed by atoms with Crippen molar-refractivity contribution in [2.45, 2.75) is 32.2 Å². The number of nitrogens with zero attached hydrogens (tertiary/aromatic N) is 2. The Morgan fingerprint density at radius 2 is 1.79 bits per heavy atom. The number of carbonyl (C=O) groups excluding carboxylic acids is 2. The largest absolute Gasteiger partial charge is 0.451 e. The Labute approximate surface area is 165 Å². The zero-order valence-electron chi connectivity index (χ0n) is 16.0. The summed E-state index contributed by atoms with van der Waals surface area (Å²) in [6.45, 7) is 2.35. The van der Waals surface area contributed by atoms with Gasteiger partial charge in [0.25, 0.3) is 5.91 Å². The fraction of sp³-hybridized carbons (Fsp3) is 0.318. The molecular weight excluding hydrogens is 354 g/mol. The number of hydrogen-bond acceptors (Lipinski definition) is 5. The van der Waals surface area contributed by atoms with Crippen LogP contribution >= 0.6 is 0 Å². The molecule has 0 aliphatic carbocycles. The van der Waals surface area contributed by atoms with Gasteiger partial charge < -0.3 is 10.1 Å². The van der Waals surface area contributed by atoms with Crippen molar-refractivity contribution in [3.8, 4) is 0 Å². The van der Waals surface area contributed by atoms with Gasteiger partial charge in [0.15, 0.2) is 6.61 Å². The Balaban J connectivity index is 1.69. The van der Waals surface area contributed by atoms with E-state index in [4.69, 9.17) is 4.74 Å². The van der Waals surface area contributed by atoms with Crippen LogP contribution in [0.3, 0.4) is 0 Å². The van der Waals surface area contributed by atoms with Crippen LogP contribution in [0.4, 0.5) is 5.69 Å². The molecule has 6 heteroatoms. The lowest BCUT2D eigenvalue weighted by molar-refractivity contribution is -0.142. The Hall–Kier alpha value is -3.15. The normalized spacial score (nSPS) is 15.8. The van der Waals surface area contributed by atoms with Gasteiger partial charge in [0.2, 0.25) is 0 Å². The summed E-state index contributed by atoms with van der Waals surface area (Å²) in [5.41, 5.74) is 2.28. The molecule has 0 fully saturated rings. The first-order valence-corrected chi connectivity index (χ1v) is 9.59. The Morgan fingerprint density at radius 1 is 1.11 bits per heavy atom. The molecule has 3 rings (SSSR count). The van der Waals surface area contributed by atoms with Crippen molar-refractivity contribution in [1.82, 2.24) is 5.32 Å². The lowest BCUT2D eigenvalue weighted by Crippen LogP contribution is -2.30. The number of amides is 1. The van der Waals surface area contributed by atoms with Crippen molar-refractivity contribution >= 4 is 23.3 Å². The van der Waals surface area contributed by atoms with Crippen molar-refractivity contribution < 1.29 is 14.3 Å². The molecule has 0 spiro atoms. The van der Waals surface area contributed by atoms with Gasteiger partial charge in [0.05, 0.1) is 11.7 Å². The maximum Gasteiger partial charge on any atom is 0.355 e. The predicted octanol–water partition coefficient (Wildman–Crippen LogP) is 3.45. The van der Waals surface area contributed by atoms with Crippen molar-refractivity contribution in [3.63, 3.8) is 0 Å². The molecular formula is C22H25N3O3. The Morgan fingerprint density at radius 3 is 2.46 bits per heavy atom. The highest BCUT2D eigenvalue weighted by molar-refractivity contribution is 6.37. The van der Waals surface area contributed by atoms with E-state index in [0.717, 1.165) is 24.1 Å². The zero-order chi connectivity index (χ0) is 19.8. The summed E-state index contributed by atoms with van der Waals surface area (Å²) < 4.78 is 5.18. The number of nitrogens with one attached hydrogen (secondary N) is 1. The summed E-state index contributed by atoms with van der Waals surface area (Å²) >= 11 is 0. The number of para-hydroxylation sites is 1. The molecule has 0 saturated heterocycles. The van der Waals surface area contributed by atoms with Crippen molar-refractivity contribution in [2.75, 3.05) is 18.2 Å². The monoisotopic (exact) mass is 379 g/mol. The van der Waals surface area contributed by atoms with Crippen LogP contribution in [0.15, 0.2) is 65.8 Å². The molecule has 1 N–H and O–H groups in total. The lowest BCUT2D eigenvalue weighted by Gasteiger charge is -2.23. The second-order valence-electron chi connectivity index (χ2n) is 6.64. The fourth-order valence-electron chi connectivity index (χ4n) is 3.06. The first-order chi connectivity index (χ1) is 13.7. The number of hydrogen-bond donors (Lipinski definition) is 1. The highest BCUT2D eigenvalue weighted by Crippen LogP contribution is 2.35. The maximum atomic E-state index is 12.5. The first kappa shape index (κ1) is 19.6. The van der Waals surface area contributed by atoms with Gasteiger partial charge >= 0.3 is 5.97 Å². The number of carbonyl (C=O) groups is 2.